The van der Waals surface area contributed by atoms with E-state index in [1.54, 1.807) is 31.5 Å². The molecule has 0 bridgehead atoms. The number of fused-ring (bicyclic) bond motifs is 2. The smallest absolute Gasteiger partial charge is 0.282 e. The first-order valence-electron chi connectivity index (χ1n) is 12.5. The van der Waals surface area contributed by atoms with Crippen molar-refractivity contribution >= 4 is 28.1 Å². The van der Waals surface area contributed by atoms with Crippen LogP contribution < -0.4 is 15.0 Å². The lowest BCUT2D eigenvalue weighted by Gasteiger charge is -2.10. The zero-order valence-electron chi connectivity index (χ0n) is 21.5. The van der Waals surface area contributed by atoms with Gasteiger partial charge in [0.2, 0.25) is 5.82 Å². The van der Waals surface area contributed by atoms with Crippen LogP contribution in [0.5, 0.6) is 11.5 Å². The molecule has 0 unspecified atom stereocenters. The average Bonchev–Trinajstić information content (AvgIpc) is 3.40. The van der Waals surface area contributed by atoms with Gasteiger partial charge in [0.15, 0.2) is 5.76 Å². The first-order valence-corrected chi connectivity index (χ1v) is 12.5. The summed E-state index contributed by atoms with van der Waals surface area (Å²) < 4.78 is 19.0. The number of aryl methyl sites for hydroxylation is 1. The molecule has 0 aliphatic rings. The molecule has 0 atom stereocenters. The number of nitrogens with zero attached hydrogens (tertiary/aromatic N) is 3. The van der Waals surface area contributed by atoms with Crippen LogP contribution in [-0.4, -0.2) is 23.0 Å². The van der Waals surface area contributed by atoms with Crippen LogP contribution in [0.3, 0.4) is 0 Å². The molecule has 0 fully saturated rings. The minimum absolute atomic E-state index is 0.284. The zero-order valence-corrected chi connectivity index (χ0v) is 21.5. The third kappa shape index (κ3) is 4.78. The van der Waals surface area contributed by atoms with Crippen LogP contribution in [0.25, 0.3) is 33.5 Å². The quantitative estimate of drug-likeness (QED) is 0.224. The normalized spacial score (nSPS) is 11.4. The monoisotopic (exact) mass is 515 g/mol. The van der Waals surface area contributed by atoms with Crippen LogP contribution >= 0.6 is 0 Å². The molecule has 7 heteroatoms. The van der Waals surface area contributed by atoms with Crippen molar-refractivity contribution in [1.29, 1.82) is 0 Å². The van der Waals surface area contributed by atoms with Gasteiger partial charge in [0, 0.05) is 5.56 Å². The van der Waals surface area contributed by atoms with E-state index in [4.69, 9.17) is 18.9 Å². The van der Waals surface area contributed by atoms with Gasteiger partial charge in [-0.1, -0.05) is 60.2 Å². The van der Waals surface area contributed by atoms with Gasteiger partial charge in [0.25, 0.3) is 5.56 Å². The van der Waals surface area contributed by atoms with Crippen molar-refractivity contribution in [3.8, 4) is 23.1 Å². The molecule has 0 aliphatic carbocycles. The summed E-state index contributed by atoms with van der Waals surface area (Å²) in [7, 11) is 1.61. The van der Waals surface area contributed by atoms with Crippen LogP contribution in [0.1, 0.15) is 16.7 Å². The van der Waals surface area contributed by atoms with Crippen molar-refractivity contribution in [2.75, 3.05) is 7.11 Å². The molecule has 0 saturated carbocycles. The van der Waals surface area contributed by atoms with E-state index in [1.165, 1.54) is 10.2 Å². The number of rotatable bonds is 7. The Morgan fingerprint density at radius 3 is 2.56 bits per heavy atom. The first-order chi connectivity index (χ1) is 19.1. The fourth-order valence-corrected chi connectivity index (χ4v) is 4.51. The molecule has 0 aliphatic heterocycles. The van der Waals surface area contributed by atoms with E-state index >= 15 is 0 Å². The Hall–Kier alpha value is -5.17. The maximum absolute atomic E-state index is 13.6. The molecule has 0 radical (unpaired) electrons. The second-order valence-electron chi connectivity index (χ2n) is 9.11. The van der Waals surface area contributed by atoms with Gasteiger partial charge in [-0.2, -0.15) is 9.78 Å². The largest absolute Gasteiger partial charge is 0.496 e. The lowest BCUT2D eigenvalue weighted by molar-refractivity contribution is 0.305. The summed E-state index contributed by atoms with van der Waals surface area (Å²) in [5, 5.41) is 5.83. The van der Waals surface area contributed by atoms with E-state index in [0.29, 0.717) is 40.4 Å². The number of benzene rings is 4. The summed E-state index contributed by atoms with van der Waals surface area (Å²) in [6.45, 7) is 2.46. The van der Waals surface area contributed by atoms with Gasteiger partial charge in [-0.25, -0.2) is 4.98 Å². The van der Waals surface area contributed by atoms with Crippen molar-refractivity contribution in [3.63, 3.8) is 0 Å². The topological polar surface area (TPSA) is 78.9 Å². The van der Waals surface area contributed by atoms with Crippen LogP contribution in [0.4, 0.5) is 0 Å². The highest BCUT2D eigenvalue weighted by atomic mass is 16.5. The molecule has 7 nitrogen and oxygen atoms in total. The SMILES string of the molecule is COc1cccc2oc(-c3nc4ccccc4c(=O)n3N=Cc3ccccc3OCc3cccc(C)c3)cc12. The highest BCUT2D eigenvalue weighted by molar-refractivity contribution is 5.89. The number of furan rings is 1. The van der Waals surface area contributed by atoms with Gasteiger partial charge in [-0.3, -0.25) is 4.79 Å². The number of ether oxygens (including phenoxy) is 2. The summed E-state index contributed by atoms with van der Waals surface area (Å²) >= 11 is 0. The maximum atomic E-state index is 13.6. The Morgan fingerprint density at radius 1 is 0.897 bits per heavy atom. The Bertz CT molecular complexity index is 1900. The average molecular weight is 516 g/mol. The predicted molar refractivity (Wildman–Crippen MR) is 153 cm³/mol. The molecule has 0 N–H and O–H groups in total. The van der Waals surface area contributed by atoms with E-state index in [2.05, 4.69) is 24.2 Å². The van der Waals surface area contributed by atoms with Crippen molar-refractivity contribution in [3.05, 3.63) is 124 Å². The Labute approximate surface area is 224 Å². The van der Waals surface area contributed by atoms with Crippen LogP contribution in [0.2, 0.25) is 0 Å². The third-order valence-corrected chi connectivity index (χ3v) is 6.42. The van der Waals surface area contributed by atoms with E-state index in [0.717, 1.165) is 16.5 Å². The van der Waals surface area contributed by atoms with Crippen LogP contribution in [0.15, 0.2) is 111 Å². The fraction of sp³-hybridized carbons (Fsp3) is 0.0938. The lowest BCUT2D eigenvalue weighted by Crippen LogP contribution is -2.20. The summed E-state index contributed by atoms with van der Waals surface area (Å²) in [5.41, 5.74) is 3.83. The van der Waals surface area contributed by atoms with Crippen molar-refractivity contribution in [1.82, 2.24) is 9.66 Å². The highest BCUT2D eigenvalue weighted by Crippen LogP contribution is 2.33. The third-order valence-electron chi connectivity index (χ3n) is 6.42. The molecule has 2 aromatic heterocycles. The molecule has 39 heavy (non-hydrogen) atoms. The van der Waals surface area contributed by atoms with Crippen LogP contribution in [-0.2, 0) is 6.61 Å². The second-order valence-corrected chi connectivity index (χ2v) is 9.11. The number of para-hydroxylation sites is 2. The number of hydrogen-bond donors (Lipinski definition) is 0. The molecule has 6 rings (SSSR count). The van der Waals surface area contributed by atoms with E-state index in [9.17, 15) is 4.79 Å². The predicted octanol–water partition coefficient (Wildman–Crippen LogP) is 6.59. The van der Waals surface area contributed by atoms with Crippen LogP contribution in [0, 0.1) is 6.92 Å². The first kappa shape index (κ1) is 24.2. The molecule has 0 saturated heterocycles. The number of aromatic nitrogens is 2. The van der Waals surface area contributed by atoms with Gasteiger partial charge < -0.3 is 13.9 Å². The Kier molecular flexibility index (Phi) is 6.39. The molecule has 0 amide bonds. The minimum Gasteiger partial charge on any atom is -0.496 e. The fourth-order valence-electron chi connectivity index (χ4n) is 4.51. The van der Waals surface area contributed by atoms with E-state index in [-0.39, 0.29) is 11.4 Å². The lowest BCUT2D eigenvalue weighted by atomic mass is 10.1. The molecular weight excluding hydrogens is 490 g/mol. The summed E-state index contributed by atoms with van der Waals surface area (Å²) in [5.74, 6) is 2.00. The van der Waals surface area contributed by atoms with Crippen molar-refractivity contribution in [2.24, 2.45) is 5.10 Å². The maximum Gasteiger partial charge on any atom is 0.282 e. The summed E-state index contributed by atoms with van der Waals surface area (Å²) in [6, 6.07) is 30.3. The molecule has 4 aromatic carbocycles. The zero-order chi connectivity index (χ0) is 26.8. The Morgan fingerprint density at radius 2 is 1.69 bits per heavy atom. The van der Waals surface area contributed by atoms with Crippen molar-refractivity contribution < 1.29 is 13.9 Å². The Balaban J connectivity index is 1.43. The van der Waals surface area contributed by atoms with E-state index in [1.807, 2.05) is 66.7 Å². The summed E-state index contributed by atoms with van der Waals surface area (Å²) in [6.07, 6.45) is 1.61. The van der Waals surface area contributed by atoms with Gasteiger partial charge in [0.1, 0.15) is 23.7 Å². The molecule has 2 heterocycles. The number of hydrogen-bond acceptors (Lipinski definition) is 6. The van der Waals surface area contributed by atoms with Gasteiger partial charge in [-0.15, -0.1) is 0 Å². The highest BCUT2D eigenvalue weighted by Gasteiger charge is 2.18. The minimum atomic E-state index is -0.308. The van der Waals surface area contributed by atoms with E-state index < -0.39 is 0 Å². The summed E-state index contributed by atoms with van der Waals surface area (Å²) in [4.78, 5) is 18.4. The van der Waals surface area contributed by atoms with Gasteiger partial charge >= 0.3 is 0 Å². The second kappa shape index (κ2) is 10.3. The standard InChI is InChI=1S/C32H25N3O4/c1-21-9-7-10-22(17-21)20-38-27-14-6-3-11-23(27)19-33-35-31(34-26-13-5-4-12-24(26)32(35)36)30-18-25-28(37-2)15-8-16-29(25)39-30/h3-19H,20H2,1-2H3. The molecular formula is C32H25N3O4. The van der Waals surface area contributed by atoms with Gasteiger partial charge in [0.05, 0.1) is 29.6 Å². The molecule has 0 spiro atoms. The molecule has 192 valence electrons. The number of methoxy groups -OCH3 is 1. The molecule has 6 aromatic rings. The van der Waals surface area contributed by atoms with Crippen molar-refractivity contribution in [2.45, 2.75) is 13.5 Å². The van der Waals surface area contributed by atoms with Gasteiger partial charge in [-0.05, 0) is 55.0 Å².